The van der Waals surface area contributed by atoms with E-state index in [0.29, 0.717) is 6.04 Å². The van der Waals surface area contributed by atoms with Crippen LogP contribution in [0.1, 0.15) is 70.3 Å². The smallest absolute Gasteiger partial charge is 0.0713 e. The molecule has 1 aliphatic rings. The summed E-state index contributed by atoms with van der Waals surface area (Å²) in [6.07, 6.45) is 12.5. The van der Waals surface area contributed by atoms with Crippen LogP contribution in [0.25, 0.3) is 0 Å². The molecule has 23 heavy (non-hydrogen) atoms. The van der Waals surface area contributed by atoms with Crippen molar-refractivity contribution in [1.29, 1.82) is 0 Å². The van der Waals surface area contributed by atoms with Gasteiger partial charge in [0.2, 0.25) is 0 Å². The van der Waals surface area contributed by atoms with Crippen molar-refractivity contribution in [2.24, 2.45) is 0 Å². The second-order valence-electron chi connectivity index (χ2n) is 7.29. The Morgan fingerprint density at radius 3 is 2.35 bits per heavy atom. The van der Waals surface area contributed by atoms with Gasteiger partial charge in [-0.25, -0.2) is 0 Å². The van der Waals surface area contributed by atoms with Crippen LogP contribution in [0.4, 0.5) is 0 Å². The van der Waals surface area contributed by atoms with Gasteiger partial charge in [0.15, 0.2) is 0 Å². The number of hydrogen-bond donors (Lipinski definition) is 1. The van der Waals surface area contributed by atoms with E-state index in [9.17, 15) is 5.11 Å². The minimum atomic E-state index is -0.172. The van der Waals surface area contributed by atoms with Crippen molar-refractivity contribution >= 4 is 0 Å². The van der Waals surface area contributed by atoms with Crippen LogP contribution in [-0.4, -0.2) is 35.2 Å². The van der Waals surface area contributed by atoms with Crippen LogP contribution < -0.4 is 0 Å². The molecule has 0 aliphatic carbocycles. The summed E-state index contributed by atoms with van der Waals surface area (Å²) in [4.78, 5) is 2.44. The zero-order valence-corrected chi connectivity index (χ0v) is 15.1. The number of aliphatic hydroxyl groups is 1. The highest BCUT2D eigenvalue weighted by Gasteiger charge is 2.37. The number of likely N-dealkylation sites (tertiary alicyclic amines) is 1. The Morgan fingerprint density at radius 2 is 1.65 bits per heavy atom. The van der Waals surface area contributed by atoms with Crippen molar-refractivity contribution in [1.82, 2.24) is 4.90 Å². The molecule has 130 valence electrons. The third-order valence-corrected chi connectivity index (χ3v) is 5.49. The molecule has 1 heterocycles. The monoisotopic (exact) mass is 317 g/mol. The first-order valence-corrected chi connectivity index (χ1v) is 9.66. The van der Waals surface area contributed by atoms with Crippen molar-refractivity contribution in [3.05, 3.63) is 35.9 Å². The average molecular weight is 318 g/mol. The maximum absolute atomic E-state index is 10.4. The molecule has 1 saturated heterocycles. The summed E-state index contributed by atoms with van der Waals surface area (Å²) in [7, 11) is 2.20. The maximum Gasteiger partial charge on any atom is 0.0713 e. The highest BCUT2D eigenvalue weighted by atomic mass is 16.3. The molecule has 0 radical (unpaired) electrons. The van der Waals surface area contributed by atoms with Crippen molar-refractivity contribution in [2.75, 3.05) is 7.05 Å². The molecule has 0 unspecified atom stereocenters. The predicted octanol–water partition coefficient (Wildman–Crippen LogP) is 4.80. The second-order valence-corrected chi connectivity index (χ2v) is 7.29. The van der Waals surface area contributed by atoms with Gasteiger partial charge in [0.1, 0.15) is 0 Å². The van der Waals surface area contributed by atoms with Gasteiger partial charge < -0.3 is 5.11 Å². The van der Waals surface area contributed by atoms with Gasteiger partial charge in [-0.15, -0.1) is 0 Å². The van der Waals surface area contributed by atoms with Crippen LogP contribution in [0.2, 0.25) is 0 Å². The molecule has 2 rings (SSSR count). The number of rotatable bonds is 10. The highest BCUT2D eigenvalue weighted by molar-refractivity contribution is 5.17. The molecule has 2 heteroatoms. The lowest BCUT2D eigenvalue weighted by Crippen LogP contribution is -2.37. The van der Waals surface area contributed by atoms with E-state index in [4.69, 9.17) is 0 Å². The molecule has 1 aliphatic heterocycles. The second kappa shape index (κ2) is 10.1. The van der Waals surface area contributed by atoms with Crippen LogP contribution in [0.5, 0.6) is 0 Å². The topological polar surface area (TPSA) is 23.5 Å². The summed E-state index contributed by atoms with van der Waals surface area (Å²) in [5.74, 6) is 0. The summed E-state index contributed by atoms with van der Waals surface area (Å²) in [6, 6.07) is 11.4. The Labute approximate surface area is 142 Å². The quantitative estimate of drug-likeness (QED) is 0.626. The lowest BCUT2D eigenvalue weighted by molar-refractivity contribution is 0.123. The van der Waals surface area contributed by atoms with Gasteiger partial charge in [-0.2, -0.15) is 0 Å². The Kier molecular flexibility index (Phi) is 8.11. The molecule has 1 N–H and O–H groups in total. The Balaban J connectivity index is 1.69. The number of hydrogen-bond acceptors (Lipinski definition) is 2. The number of nitrogens with zero attached hydrogens (tertiary/aromatic N) is 1. The van der Waals surface area contributed by atoms with Crippen molar-refractivity contribution in [2.45, 2.75) is 89.3 Å². The van der Waals surface area contributed by atoms with Crippen LogP contribution in [0, 0.1) is 0 Å². The fraction of sp³-hybridized carbons (Fsp3) is 0.714. The van der Waals surface area contributed by atoms with Crippen LogP contribution >= 0.6 is 0 Å². The summed E-state index contributed by atoms with van der Waals surface area (Å²) < 4.78 is 0. The maximum atomic E-state index is 10.4. The number of unbranched alkanes of at least 4 members (excludes halogenated alkanes) is 6. The van der Waals surface area contributed by atoms with E-state index in [1.807, 2.05) is 0 Å². The van der Waals surface area contributed by atoms with Crippen molar-refractivity contribution in [3.63, 3.8) is 0 Å². The Bertz CT molecular complexity index is 419. The fourth-order valence-corrected chi connectivity index (χ4v) is 3.94. The molecule has 0 bridgehead atoms. The molecule has 1 aromatic carbocycles. The lowest BCUT2D eigenvalue weighted by Gasteiger charge is -2.26. The van der Waals surface area contributed by atoms with E-state index in [1.165, 1.54) is 56.9 Å². The van der Waals surface area contributed by atoms with Crippen molar-refractivity contribution < 1.29 is 5.11 Å². The number of benzene rings is 1. The fourth-order valence-electron chi connectivity index (χ4n) is 3.94. The lowest BCUT2D eigenvalue weighted by atomic mass is 10.0. The van der Waals surface area contributed by atoms with Gasteiger partial charge in [0.25, 0.3) is 0 Å². The first kappa shape index (κ1) is 18.5. The third-order valence-electron chi connectivity index (χ3n) is 5.49. The van der Waals surface area contributed by atoms with Gasteiger partial charge in [-0.1, -0.05) is 82.2 Å². The van der Waals surface area contributed by atoms with E-state index < -0.39 is 0 Å². The zero-order valence-electron chi connectivity index (χ0n) is 15.1. The highest BCUT2D eigenvalue weighted by Crippen LogP contribution is 2.29. The molecule has 3 atom stereocenters. The third kappa shape index (κ3) is 5.93. The van der Waals surface area contributed by atoms with E-state index in [1.54, 1.807) is 0 Å². The minimum absolute atomic E-state index is 0.172. The molecule has 2 nitrogen and oxygen atoms in total. The van der Waals surface area contributed by atoms with Gasteiger partial charge in [0.05, 0.1) is 6.10 Å². The van der Waals surface area contributed by atoms with Gasteiger partial charge in [-0.05, 0) is 31.9 Å². The van der Waals surface area contributed by atoms with Gasteiger partial charge in [-0.3, -0.25) is 4.90 Å². The first-order valence-electron chi connectivity index (χ1n) is 9.66. The molecule has 0 saturated carbocycles. The van der Waals surface area contributed by atoms with Crippen molar-refractivity contribution in [3.8, 4) is 0 Å². The van der Waals surface area contributed by atoms with Gasteiger partial charge in [0, 0.05) is 12.1 Å². The Morgan fingerprint density at radius 1 is 1.00 bits per heavy atom. The summed E-state index contributed by atoms with van der Waals surface area (Å²) in [6.45, 7) is 2.27. The molecular weight excluding hydrogens is 282 g/mol. The molecule has 0 amide bonds. The summed E-state index contributed by atoms with van der Waals surface area (Å²) in [5.41, 5.74) is 1.33. The number of likely N-dealkylation sites (N-methyl/N-ethyl adjacent to an activating group) is 1. The summed E-state index contributed by atoms with van der Waals surface area (Å²) in [5, 5.41) is 10.4. The molecular formula is C21H35NO. The standard InChI is InChI=1S/C21H35NO/c1-3-4-5-6-7-8-12-15-19-17-21(23)20(22(19)2)16-18-13-10-9-11-14-18/h9-11,13-14,19-21,23H,3-8,12,15-17H2,1-2H3/t19-,20-,21-/m0/s1. The molecule has 1 aromatic rings. The first-order chi connectivity index (χ1) is 11.2. The van der Waals surface area contributed by atoms with E-state index in [2.05, 4.69) is 49.2 Å². The minimum Gasteiger partial charge on any atom is -0.391 e. The molecule has 0 spiro atoms. The number of aliphatic hydroxyl groups excluding tert-OH is 1. The van der Waals surface area contributed by atoms with E-state index in [-0.39, 0.29) is 12.1 Å². The van der Waals surface area contributed by atoms with Crippen LogP contribution in [0.3, 0.4) is 0 Å². The van der Waals surface area contributed by atoms with Gasteiger partial charge >= 0.3 is 0 Å². The molecule has 1 fully saturated rings. The van der Waals surface area contributed by atoms with Crippen LogP contribution in [0.15, 0.2) is 30.3 Å². The SMILES string of the molecule is CCCCCCCCC[C@H]1C[C@H](O)[C@H](Cc2ccccc2)N1C. The van der Waals surface area contributed by atoms with Crippen LogP contribution in [-0.2, 0) is 6.42 Å². The summed E-state index contributed by atoms with van der Waals surface area (Å²) >= 11 is 0. The predicted molar refractivity (Wildman–Crippen MR) is 98.7 cm³/mol. The zero-order chi connectivity index (χ0) is 16.5. The Hall–Kier alpha value is -0.860. The van der Waals surface area contributed by atoms with E-state index >= 15 is 0 Å². The molecule has 0 aromatic heterocycles. The van der Waals surface area contributed by atoms with E-state index in [0.717, 1.165) is 12.8 Å². The normalized spacial score (nSPS) is 25.1. The largest absolute Gasteiger partial charge is 0.391 e. The average Bonchev–Trinajstić information content (AvgIpc) is 2.83.